The van der Waals surface area contributed by atoms with Crippen molar-refractivity contribution in [3.63, 3.8) is 0 Å². The number of rotatable bonds is 2. The Balaban J connectivity index is 1.50. The number of hydrogen-bond donors (Lipinski definition) is 0. The van der Waals surface area contributed by atoms with Crippen molar-refractivity contribution in [2.75, 3.05) is 0 Å². The second kappa shape index (κ2) is 6.35. The van der Waals surface area contributed by atoms with Gasteiger partial charge in [0.15, 0.2) is 0 Å². The summed E-state index contributed by atoms with van der Waals surface area (Å²) in [5, 5.41) is 7.71. The molecule has 6 rings (SSSR count). The highest BCUT2D eigenvalue weighted by Gasteiger charge is 2.16. The van der Waals surface area contributed by atoms with Crippen molar-refractivity contribution >= 4 is 63.0 Å². The summed E-state index contributed by atoms with van der Waals surface area (Å²) < 4.78 is 12.1. The van der Waals surface area contributed by atoms with Gasteiger partial charge in [-0.05, 0) is 50.2 Å². The Morgan fingerprint density at radius 1 is 0.500 bits per heavy atom. The van der Waals surface area contributed by atoms with Gasteiger partial charge in [0, 0.05) is 21.5 Å². The highest BCUT2D eigenvalue weighted by Crippen LogP contribution is 2.30. The van der Waals surface area contributed by atoms with Gasteiger partial charge >= 0.3 is 0 Å². The van der Waals surface area contributed by atoms with Crippen LogP contribution in [0.2, 0.25) is 6.55 Å². The maximum atomic E-state index is 6.06. The van der Waals surface area contributed by atoms with Crippen molar-refractivity contribution in [2.45, 2.75) is 20.4 Å². The van der Waals surface area contributed by atoms with Gasteiger partial charge in [-0.2, -0.15) is 0 Å². The first-order chi connectivity index (χ1) is 14.6. The monoisotopic (exact) mass is 406 g/mol. The summed E-state index contributed by atoms with van der Waals surface area (Å²) in [5.74, 6) is 0. The lowest BCUT2D eigenvalue weighted by Crippen LogP contribution is -2.38. The number of benzene rings is 4. The van der Waals surface area contributed by atoms with Gasteiger partial charge in [-0.15, -0.1) is 0 Å². The van der Waals surface area contributed by atoms with E-state index in [0.717, 1.165) is 22.3 Å². The predicted octanol–water partition coefficient (Wildman–Crippen LogP) is 6.07. The van der Waals surface area contributed by atoms with Gasteiger partial charge in [0.1, 0.15) is 22.3 Å². The van der Waals surface area contributed by atoms with Crippen LogP contribution >= 0.6 is 0 Å². The lowest BCUT2D eigenvalue weighted by Gasteiger charge is -2.11. The molecule has 0 atom stereocenters. The largest absolute Gasteiger partial charge is 0.456 e. The zero-order valence-electron chi connectivity index (χ0n) is 17.3. The molecule has 0 fully saturated rings. The number of hydrogen-bond acceptors (Lipinski definition) is 2. The van der Waals surface area contributed by atoms with Crippen LogP contribution in [0.5, 0.6) is 0 Å². The molecule has 0 N–H and O–H groups in total. The van der Waals surface area contributed by atoms with E-state index in [9.17, 15) is 0 Å². The van der Waals surface area contributed by atoms with E-state index in [-0.39, 0.29) is 0 Å². The Labute approximate surface area is 176 Å². The molecule has 4 aromatic carbocycles. The Bertz CT molecular complexity index is 1470. The summed E-state index contributed by atoms with van der Waals surface area (Å²) in [7, 11) is -1.35. The number of fused-ring (bicyclic) bond motifs is 6. The minimum absolute atomic E-state index is 0.962. The van der Waals surface area contributed by atoms with Crippen LogP contribution < -0.4 is 10.4 Å². The maximum Gasteiger partial charge on any atom is 0.135 e. The highest BCUT2D eigenvalue weighted by atomic mass is 28.3. The van der Waals surface area contributed by atoms with Crippen molar-refractivity contribution in [1.29, 1.82) is 0 Å². The van der Waals surface area contributed by atoms with Crippen LogP contribution in [0.25, 0.3) is 43.9 Å². The quantitative estimate of drug-likeness (QED) is 0.326. The van der Waals surface area contributed by atoms with Crippen LogP contribution in [-0.4, -0.2) is 8.80 Å². The van der Waals surface area contributed by atoms with Crippen molar-refractivity contribution in [3.8, 4) is 0 Å². The normalized spacial score (nSPS) is 12.1. The van der Waals surface area contributed by atoms with E-state index in [4.69, 9.17) is 8.83 Å². The average molecular weight is 407 g/mol. The van der Waals surface area contributed by atoms with Gasteiger partial charge in [-0.3, -0.25) is 0 Å². The summed E-state index contributed by atoms with van der Waals surface area (Å²) in [5.41, 5.74) is 6.37. The fraction of sp³-hybridized carbons (Fsp3) is 0.111. The molecule has 0 aliphatic rings. The molecule has 2 aromatic heterocycles. The Morgan fingerprint density at radius 3 is 1.30 bits per heavy atom. The molecule has 30 heavy (non-hydrogen) atoms. The van der Waals surface area contributed by atoms with Crippen molar-refractivity contribution < 1.29 is 8.83 Å². The third-order valence-corrected chi connectivity index (χ3v) is 9.02. The van der Waals surface area contributed by atoms with Gasteiger partial charge in [0.25, 0.3) is 0 Å². The molecule has 0 aliphatic heterocycles. The molecule has 3 heteroatoms. The number of furan rings is 2. The zero-order valence-corrected chi connectivity index (χ0v) is 18.5. The van der Waals surface area contributed by atoms with E-state index in [1.54, 1.807) is 0 Å². The van der Waals surface area contributed by atoms with Gasteiger partial charge in [0.2, 0.25) is 0 Å². The maximum absolute atomic E-state index is 6.06. The van der Waals surface area contributed by atoms with Crippen molar-refractivity contribution in [1.82, 2.24) is 0 Å². The summed E-state index contributed by atoms with van der Waals surface area (Å²) >= 11 is 0. The molecule has 0 saturated heterocycles. The standard InChI is InChI=1S/C27H22O2Si/c1-16-4-8-24-20(12-16)22-14-18(6-10-26(22)28-24)30(3)19-7-11-27-23(15-19)21-13-17(2)5-9-25(21)29-27/h4-15,30H,1-3H3. The van der Waals surface area contributed by atoms with E-state index in [1.807, 2.05) is 0 Å². The molecule has 0 radical (unpaired) electrons. The lowest BCUT2D eigenvalue weighted by atomic mass is 10.1. The van der Waals surface area contributed by atoms with E-state index < -0.39 is 8.80 Å². The topological polar surface area (TPSA) is 26.3 Å². The van der Waals surface area contributed by atoms with Crippen LogP contribution in [0.3, 0.4) is 0 Å². The first-order valence-corrected chi connectivity index (χ1v) is 12.7. The number of aryl methyl sites for hydroxylation is 2. The molecular formula is C27H22O2Si. The zero-order chi connectivity index (χ0) is 20.4. The van der Waals surface area contributed by atoms with Crippen LogP contribution in [-0.2, 0) is 0 Å². The molecular weight excluding hydrogens is 384 g/mol. The molecule has 0 aliphatic carbocycles. The minimum atomic E-state index is -1.35. The molecule has 0 unspecified atom stereocenters. The van der Waals surface area contributed by atoms with Crippen LogP contribution in [0, 0.1) is 13.8 Å². The molecule has 146 valence electrons. The SMILES string of the molecule is Cc1ccc2oc3ccc([SiH](C)c4ccc5oc6ccc(C)cc6c5c4)cc3c2c1. The van der Waals surface area contributed by atoms with Gasteiger partial charge in [-0.25, -0.2) is 0 Å². The van der Waals surface area contributed by atoms with E-state index in [1.165, 1.54) is 43.0 Å². The van der Waals surface area contributed by atoms with Crippen molar-refractivity contribution in [3.05, 3.63) is 83.9 Å². The predicted molar refractivity (Wildman–Crippen MR) is 129 cm³/mol. The van der Waals surface area contributed by atoms with Crippen LogP contribution in [0.4, 0.5) is 0 Å². The lowest BCUT2D eigenvalue weighted by molar-refractivity contribution is 0.668. The summed E-state index contributed by atoms with van der Waals surface area (Å²) in [6, 6.07) is 26.3. The fourth-order valence-electron chi connectivity index (χ4n) is 4.55. The summed E-state index contributed by atoms with van der Waals surface area (Å²) in [6.45, 7) is 6.67. The summed E-state index contributed by atoms with van der Waals surface area (Å²) in [4.78, 5) is 0. The highest BCUT2D eigenvalue weighted by molar-refractivity contribution is 6.84. The fourth-order valence-corrected chi connectivity index (χ4v) is 6.54. The molecule has 0 saturated carbocycles. The molecule has 0 bridgehead atoms. The first-order valence-electron chi connectivity index (χ1n) is 10.4. The average Bonchev–Trinajstić information content (AvgIpc) is 3.30. The van der Waals surface area contributed by atoms with Crippen LogP contribution in [0.15, 0.2) is 81.6 Å². The second-order valence-electron chi connectivity index (χ2n) is 8.44. The third-order valence-electron chi connectivity index (χ3n) is 6.30. The third kappa shape index (κ3) is 2.62. The first kappa shape index (κ1) is 17.5. The second-order valence-corrected chi connectivity index (χ2v) is 11.2. The van der Waals surface area contributed by atoms with E-state index >= 15 is 0 Å². The van der Waals surface area contributed by atoms with E-state index in [2.05, 4.69) is 93.2 Å². The van der Waals surface area contributed by atoms with Gasteiger partial charge in [-0.1, -0.05) is 64.4 Å². The smallest absolute Gasteiger partial charge is 0.135 e. The van der Waals surface area contributed by atoms with Crippen molar-refractivity contribution in [2.24, 2.45) is 0 Å². The molecule has 6 aromatic rings. The Morgan fingerprint density at radius 2 is 0.867 bits per heavy atom. The minimum Gasteiger partial charge on any atom is -0.456 e. The molecule has 0 amide bonds. The molecule has 0 spiro atoms. The Hall–Kier alpha value is -3.30. The van der Waals surface area contributed by atoms with E-state index in [0.29, 0.717) is 0 Å². The molecule has 2 heterocycles. The van der Waals surface area contributed by atoms with Gasteiger partial charge < -0.3 is 8.83 Å². The van der Waals surface area contributed by atoms with Crippen LogP contribution in [0.1, 0.15) is 11.1 Å². The summed E-state index contributed by atoms with van der Waals surface area (Å²) in [6.07, 6.45) is 0. The molecule has 2 nitrogen and oxygen atoms in total. The Kier molecular flexibility index (Phi) is 3.71. The van der Waals surface area contributed by atoms with Gasteiger partial charge in [0.05, 0.1) is 8.80 Å².